The highest BCUT2D eigenvalue weighted by Crippen LogP contribution is 2.28. The molecule has 0 atom stereocenters. The minimum Gasteiger partial charge on any atom is -0.360 e. The molecule has 0 aliphatic rings. The standard InChI is InChI=1S/C17H11Cl2NO/c18-13-7-4-8-14(19)16(13)17(21)12-9-15(20-10-12)11-5-2-1-3-6-11/h1-10,20H. The second-order valence-corrected chi connectivity index (χ2v) is 5.41. The van der Waals surface area contributed by atoms with Crippen molar-refractivity contribution in [3.8, 4) is 11.3 Å². The van der Waals surface area contributed by atoms with E-state index in [-0.39, 0.29) is 5.78 Å². The van der Waals surface area contributed by atoms with E-state index in [0.717, 1.165) is 11.3 Å². The fraction of sp³-hybridized carbons (Fsp3) is 0. The molecule has 21 heavy (non-hydrogen) atoms. The number of hydrogen-bond donors (Lipinski definition) is 1. The molecular formula is C17H11Cl2NO. The predicted molar refractivity (Wildman–Crippen MR) is 86.1 cm³/mol. The van der Waals surface area contributed by atoms with Crippen LogP contribution in [0.4, 0.5) is 0 Å². The third kappa shape index (κ3) is 2.73. The van der Waals surface area contributed by atoms with Crippen LogP contribution in [0.25, 0.3) is 11.3 Å². The number of rotatable bonds is 3. The van der Waals surface area contributed by atoms with Gasteiger partial charge in [0.1, 0.15) is 0 Å². The quantitative estimate of drug-likeness (QED) is 0.660. The number of benzene rings is 2. The molecule has 1 heterocycles. The molecule has 1 aromatic heterocycles. The maximum Gasteiger partial charge on any atom is 0.197 e. The molecule has 0 spiro atoms. The molecule has 1 N–H and O–H groups in total. The second-order valence-electron chi connectivity index (χ2n) is 4.59. The van der Waals surface area contributed by atoms with Gasteiger partial charge in [-0.05, 0) is 23.8 Å². The average molecular weight is 316 g/mol. The summed E-state index contributed by atoms with van der Waals surface area (Å²) in [4.78, 5) is 15.6. The van der Waals surface area contributed by atoms with Gasteiger partial charge in [0, 0.05) is 17.5 Å². The summed E-state index contributed by atoms with van der Waals surface area (Å²) in [7, 11) is 0. The van der Waals surface area contributed by atoms with Crippen LogP contribution in [0.5, 0.6) is 0 Å². The van der Waals surface area contributed by atoms with Crippen molar-refractivity contribution in [2.75, 3.05) is 0 Å². The summed E-state index contributed by atoms with van der Waals surface area (Å²) < 4.78 is 0. The van der Waals surface area contributed by atoms with Crippen molar-refractivity contribution < 1.29 is 4.79 Å². The van der Waals surface area contributed by atoms with E-state index in [0.29, 0.717) is 21.2 Å². The Bertz CT molecular complexity index is 773. The van der Waals surface area contributed by atoms with Crippen LogP contribution in [0.2, 0.25) is 10.0 Å². The highest BCUT2D eigenvalue weighted by molar-refractivity contribution is 6.41. The largest absolute Gasteiger partial charge is 0.360 e. The van der Waals surface area contributed by atoms with Crippen molar-refractivity contribution in [2.24, 2.45) is 0 Å². The molecule has 0 radical (unpaired) electrons. The zero-order valence-corrected chi connectivity index (χ0v) is 12.4. The van der Waals surface area contributed by atoms with E-state index in [1.165, 1.54) is 0 Å². The Morgan fingerprint density at radius 2 is 1.57 bits per heavy atom. The third-order valence-corrected chi connectivity index (χ3v) is 3.85. The van der Waals surface area contributed by atoms with Crippen LogP contribution in [-0.4, -0.2) is 10.8 Å². The summed E-state index contributed by atoms with van der Waals surface area (Å²) in [5.74, 6) is -0.191. The molecule has 3 rings (SSSR count). The van der Waals surface area contributed by atoms with Crippen molar-refractivity contribution in [3.05, 3.63) is 82.0 Å². The summed E-state index contributed by atoms with van der Waals surface area (Å²) >= 11 is 12.2. The summed E-state index contributed by atoms with van der Waals surface area (Å²) in [6.45, 7) is 0. The fourth-order valence-corrected chi connectivity index (χ4v) is 2.74. The molecule has 0 fully saturated rings. The monoisotopic (exact) mass is 315 g/mol. The van der Waals surface area contributed by atoms with Gasteiger partial charge in [-0.2, -0.15) is 0 Å². The Hall–Kier alpha value is -2.03. The van der Waals surface area contributed by atoms with Crippen molar-refractivity contribution in [1.29, 1.82) is 0 Å². The molecule has 0 saturated carbocycles. The van der Waals surface area contributed by atoms with Crippen LogP contribution in [0.1, 0.15) is 15.9 Å². The van der Waals surface area contributed by atoms with Crippen LogP contribution >= 0.6 is 23.2 Å². The first-order valence-electron chi connectivity index (χ1n) is 6.39. The Morgan fingerprint density at radius 1 is 0.905 bits per heavy atom. The van der Waals surface area contributed by atoms with E-state index >= 15 is 0 Å². The first-order valence-corrected chi connectivity index (χ1v) is 7.15. The number of aromatic nitrogens is 1. The lowest BCUT2D eigenvalue weighted by Gasteiger charge is -2.03. The molecular weight excluding hydrogens is 305 g/mol. The summed E-state index contributed by atoms with van der Waals surface area (Å²) in [5, 5.41) is 0.713. The molecule has 0 saturated heterocycles. The highest BCUT2D eigenvalue weighted by atomic mass is 35.5. The third-order valence-electron chi connectivity index (χ3n) is 3.22. The maximum absolute atomic E-state index is 12.5. The molecule has 0 bridgehead atoms. The van der Waals surface area contributed by atoms with Gasteiger partial charge in [-0.25, -0.2) is 0 Å². The van der Waals surface area contributed by atoms with Crippen LogP contribution in [-0.2, 0) is 0 Å². The molecule has 0 amide bonds. The number of nitrogens with one attached hydrogen (secondary N) is 1. The van der Waals surface area contributed by atoms with E-state index in [4.69, 9.17) is 23.2 Å². The average Bonchev–Trinajstić information content (AvgIpc) is 2.97. The number of aromatic amines is 1. The number of H-pyrrole nitrogens is 1. The number of hydrogen-bond acceptors (Lipinski definition) is 1. The number of carbonyl (C=O) groups excluding carboxylic acids is 1. The van der Waals surface area contributed by atoms with E-state index in [1.54, 1.807) is 30.5 Å². The van der Waals surface area contributed by atoms with Crippen molar-refractivity contribution in [3.63, 3.8) is 0 Å². The molecule has 2 nitrogen and oxygen atoms in total. The van der Waals surface area contributed by atoms with Gasteiger partial charge in [-0.1, -0.05) is 59.6 Å². The molecule has 0 unspecified atom stereocenters. The van der Waals surface area contributed by atoms with Crippen LogP contribution < -0.4 is 0 Å². The summed E-state index contributed by atoms with van der Waals surface area (Å²) in [6.07, 6.45) is 1.67. The molecule has 0 aliphatic carbocycles. The summed E-state index contributed by atoms with van der Waals surface area (Å²) in [5.41, 5.74) is 2.76. The van der Waals surface area contributed by atoms with Crippen LogP contribution in [0.3, 0.4) is 0 Å². The van der Waals surface area contributed by atoms with E-state index in [9.17, 15) is 4.79 Å². The first-order chi connectivity index (χ1) is 10.2. The molecule has 3 aromatic rings. The number of ketones is 1. The maximum atomic E-state index is 12.5. The zero-order chi connectivity index (χ0) is 14.8. The number of halogens is 2. The zero-order valence-electron chi connectivity index (χ0n) is 10.9. The molecule has 2 aromatic carbocycles. The minimum absolute atomic E-state index is 0.191. The molecule has 4 heteroatoms. The Balaban J connectivity index is 1.99. The smallest absolute Gasteiger partial charge is 0.197 e. The second kappa shape index (κ2) is 5.76. The van der Waals surface area contributed by atoms with E-state index < -0.39 is 0 Å². The van der Waals surface area contributed by atoms with Crippen molar-refractivity contribution in [1.82, 2.24) is 4.98 Å². The lowest BCUT2D eigenvalue weighted by Crippen LogP contribution is -2.01. The van der Waals surface area contributed by atoms with Crippen molar-refractivity contribution in [2.45, 2.75) is 0 Å². The van der Waals surface area contributed by atoms with Gasteiger partial charge >= 0.3 is 0 Å². The Morgan fingerprint density at radius 3 is 2.24 bits per heavy atom. The van der Waals surface area contributed by atoms with Gasteiger partial charge in [0.15, 0.2) is 5.78 Å². The fourth-order valence-electron chi connectivity index (χ4n) is 2.17. The molecule has 104 valence electrons. The minimum atomic E-state index is -0.191. The predicted octanol–water partition coefficient (Wildman–Crippen LogP) is 5.22. The Labute approximate surface area is 132 Å². The van der Waals surface area contributed by atoms with Crippen molar-refractivity contribution >= 4 is 29.0 Å². The normalized spacial score (nSPS) is 10.6. The first kappa shape index (κ1) is 13.9. The van der Waals surface area contributed by atoms with Gasteiger partial charge in [0.2, 0.25) is 0 Å². The van der Waals surface area contributed by atoms with E-state index in [1.807, 2.05) is 30.3 Å². The van der Waals surface area contributed by atoms with Gasteiger partial charge in [0.05, 0.1) is 15.6 Å². The lowest BCUT2D eigenvalue weighted by molar-refractivity contribution is 0.103. The van der Waals surface area contributed by atoms with Gasteiger partial charge in [-0.15, -0.1) is 0 Å². The van der Waals surface area contributed by atoms with Gasteiger partial charge < -0.3 is 4.98 Å². The lowest BCUT2D eigenvalue weighted by atomic mass is 10.0. The number of carbonyl (C=O) groups is 1. The SMILES string of the molecule is O=C(c1c[nH]c(-c2ccccc2)c1)c1c(Cl)cccc1Cl. The van der Waals surface area contributed by atoms with Gasteiger partial charge in [-0.3, -0.25) is 4.79 Å². The van der Waals surface area contributed by atoms with E-state index in [2.05, 4.69) is 4.98 Å². The Kier molecular flexibility index (Phi) is 3.82. The topological polar surface area (TPSA) is 32.9 Å². The van der Waals surface area contributed by atoms with Crippen LogP contribution in [0.15, 0.2) is 60.8 Å². The van der Waals surface area contributed by atoms with Gasteiger partial charge in [0.25, 0.3) is 0 Å². The highest BCUT2D eigenvalue weighted by Gasteiger charge is 2.17. The van der Waals surface area contributed by atoms with Crippen LogP contribution in [0, 0.1) is 0 Å². The summed E-state index contributed by atoms with van der Waals surface area (Å²) in [6, 6.07) is 16.6. The molecule has 0 aliphatic heterocycles.